The number of aromatic nitrogens is 1. The number of carbonyl (C=O) groups is 1. The molecule has 0 atom stereocenters. The first-order chi connectivity index (χ1) is 14.0. The maximum Gasteiger partial charge on any atom is 0.266 e. The summed E-state index contributed by atoms with van der Waals surface area (Å²) in [5, 5.41) is 0.603. The van der Waals surface area contributed by atoms with Crippen molar-refractivity contribution in [2.24, 2.45) is 4.99 Å². The number of amidine groups is 1. The van der Waals surface area contributed by atoms with Gasteiger partial charge in [0.2, 0.25) is 0 Å². The number of amides is 1. The molecule has 1 aromatic carbocycles. The van der Waals surface area contributed by atoms with Gasteiger partial charge >= 0.3 is 0 Å². The highest BCUT2D eigenvalue weighted by Crippen LogP contribution is 2.35. The Kier molecular flexibility index (Phi) is 6.93. The molecule has 1 aliphatic rings. The van der Waals surface area contributed by atoms with Gasteiger partial charge in [-0.1, -0.05) is 25.5 Å². The molecule has 1 aromatic heterocycles. The molecule has 3 rings (SSSR count). The van der Waals surface area contributed by atoms with E-state index in [0.717, 1.165) is 24.1 Å². The van der Waals surface area contributed by atoms with Gasteiger partial charge in [-0.25, -0.2) is 9.98 Å². The van der Waals surface area contributed by atoms with Crippen LogP contribution in [0.4, 0.5) is 5.82 Å². The van der Waals surface area contributed by atoms with E-state index in [1.54, 1.807) is 19.1 Å². The van der Waals surface area contributed by atoms with Gasteiger partial charge in [0.15, 0.2) is 22.5 Å². The Hall–Kier alpha value is -2.80. The van der Waals surface area contributed by atoms with Gasteiger partial charge in [0.25, 0.3) is 5.91 Å². The van der Waals surface area contributed by atoms with Crippen LogP contribution >= 0.6 is 11.8 Å². The van der Waals surface area contributed by atoms with Gasteiger partial charge in [-0.2, -0.15) is 0 Å². The minimum Gasteiger partial charge on any atom is -0.493 e. The predicted molar refractivity (Wildman–Crippen MR) is 118 cm³/mol. The fourth-order valence-electron chi connectivity index (χ4n) is 2.71. The summed E-state index contributed by atoms with van der Waals surface area (Å²) < 4.78 is 11.2. The molecule has 1 amide bonds. The zero-order valence-corrected chi connectivity index (χ0v) is 18.0. The fourth-order valence-corrected chi connectivity index (χ4v) is 3.69. The standard InChI is InChI=1S/C22H25N3O3S/c1-5-6-12-28-17-11-10-16(13-18(17)27-4)14-19-21(26)25(3)22(29-19)24-20-9-7-8-15(2)23-20/h7-11,13-14H,5-6,12H2,1-4H3/b19-14-,24-22+. The van der Waals surface area contributed by atoms with E-state index in [1.807, 2.05) is 49.4 Å². The summed E-state index contributed by atoms with van der Waals surface area (Å²) in [4.78, 5) is 23.7. The van der Waals surface area contributed by atoms with Gasteiger partial charge in [-0.15, -0.1) is 0 Å². The lowest BCUT2D eigenvalue weighted by Gasteiger charge is -2.11. The van der Waals surface area contributed by atoms with Crippen LogP contribution in [0.5, 0.6) is 11.5 Å². The predicted octanol–water partition coefficient (Wildman–Crippen LogP) is 4.81. The van der Waals surface area contributed by atoms with E-state index < -0.39 is 0 Å². The highest BCUT2D eigenvalue weighted by Gasteiger charge is 2.30. The van der Waals surface area contributed by atoms with Gasteiger partial charge in [0.05, 0.1) is 18.6 Å². The third-order valence-electron chi connectivity index (χ3n) is 4.33. The lowest BCUT2D eigenvalue weighted by atomic mass is 10.2. The van der Waals surface area contributed by atoms with E-state index in [1.165, 1.54) is 11.8 Å². The number of pyridine rings is 1. The Balaban J connectivity index is 1.82. The van der Waals surface area contributed by atoms with Crippen LogP contribution in [0.1, 0.15) is 31.0 Å². The average Bonchev–Trinajstić information content (AvgIpc) is 2.97. The highest BCUT2D eigenvalue weighted by molar-refractivity contribution is 8.18. The largest absolute Gasteiger partial charge is 0.493 e. The average molecular weight is 412 g/mol. The fraction of sp³-hybridized carbons (Fsp3) is 0.318. The van der Waals surface area contributed by atoms with Crippen LogP contribution in [0.2, 0.25) is 0 Å². The SMILES string of the molecule is CCCCOc1ccc(/C=C2\S/C(=N/c3cccc(C)n3)N(C)C2=O)cc1OC. The normalized spacial score (nSPS) is 16.7. The molecule has 29 heavy (non-hydrogen) atoms. The Morgan fingerprint density at radius 1 is 1.24 bits per heavy atom. The maximum atomic E-state index is 12.7. The molecule has 1 fully saturated rings. The zero-order valence-electron chi connectivity index (χ0n) is 17.1. The first-order valence-corrected chi connectivity index (χ1v) is 10.3. The maximum absolute atomic E-state index is 12.7. The van der Waals surface area contributed by atoms with E-state index in [2.05, 4.69) is 16.9 Å². The number of unbranched alkanes of at least 4 members (excludes halogenated alkanes) is 1. The molecule has 152 valence electrons. The summed E-state index contributed by atoms with van der Waals surface area (Å²) >= 11 is 1.33. The summed E-state index contributed by atoms with van der Waals surface area (Å²) in [6.45, 7) is 4.68. The quantitative estimate of drug-likeness (QED) is 0.483. The third-order valence-corrected chi connectivity index (χ3v) is 5.39. The van der Waals surface area contributed by atoms with Crippen molar-refractivity contribution in [3.63, 3.8) is 0 Å². The molecule has 1 saturated heterocycles. The van der Waals surface area contributed by atoms with E-state index in [0.29, 0.717) is 34.0 Å². The van der Waals surface area contributed by atoms with Crippen LogP contribution in [0.15, 0.2) is 46.3 Å². The number of rotatable bonds is 7. The Bertz CT molecular complexity index is 956. The number of hydrogen-bond donors (Lipinski definition) is 0. The molecule has 0 saturated carbocycles. The number of hydrogen-bond acceptors (Lipinski definition) is 6. The minimum absolute atomic E-state index is 0.0938. The molecule has 0 N–H and O–H groups in total. The molecule has 0 unspecified atom stereocenters. The molecule has 0 spiro atoms. The number of carbonyl (C=O) groups excluding carboxylic acids is 1. The monoisotopic (exact) mass is 411 g/mol. The van der Waals surface area contributed by atoms with Crippen LogP contribution in [0.25, 0.3) is 6.08 Å². The van der Waals surface area contributed by atoms with Crippen molar-refractivity contribution in [2.45, 2.75) is 26.7 Å². The highest BCUT2D eigenvalue weighted by atomic mass is 32.2. The summed E-state index contributed by atoms with van der Waals surface area (Å²) in [6.07, 6.45) is 3.90. The minimum atomic E-state index is -0.0938. The molecular weight excluding hydrogens is 386 g/mol. The van der Waals surface area contributed by atoms with Crippen molar-refractivity contribution in [3.05, 3.63) is 52.6 Å². The van der Waals surface area contributed by atoms with Gasteiger partial charge in [0.1, 0.15) is 0 Å². The van der Waals surface area contributed by atoms with Crippen LogP contribution in [0, 0.1) is 6.92 Å². The molecule has 2 heterocycles. The Morgan fingerprint density at radius 2 is 2.07 bits per heavy atom. The van der Waals surface area contributed by atoms with E-state index in [4.69, 9.17) is 9.47 Å². The van der Waals surface area contributed by atoms with E-state index in [9.17, 15) is 4.79 Å². The van der Waals surface area contributed by atoms with E-state index in [-0.39, 0.29) is 5.91 Å². The third kappa shape index (κ3) is 5.17. The molecule has 6 nitrogen and oxygen atoms in total. The first kappa shape index (κ1) is 20.9. The van der Waals surface area contributed by atoms with Crippen LogP contribution < -0.4 is 9.47 Å². The summed E-state index contributed by atoms with van der Waals surface area (Å²) in [7, 11) is 3.33. The molecule has 7 heteroatoms. The van der Waals surface area contributed by atoms with Gasteiger partial charge in [-0.05, 0) is 61.0 Å². The number of benzene rings is 1. The summed E-state index contributed by atoms with van der Waals surface area (Å²) in [6, 6.07) is 11.3. The second kappa shape index (κ2) is 9.60. The first-order valence-electron chi connectivity index (χ1n) is 9.52. The van der Waals surface area contributed by atoms with E-state index >= 15 is 0 Å². The molecule has 0 aliphatic carbocycles. The van der Waals surface area contributed by atoms with Crippen molar-refractivity contribution in [2.75, 3.05) is 20.8 Å². The van der Waals surface area contributed by atoms with Gasteiger partial charge in [0, 0.05) is 12.7 Å². The lowest BCUT2D eigenvalue weighted by molar-refractivity contribution is -0.121. The molecule has 0 radical (unpaired) electrons. The lowest BCUT2D eigenvalue weighted by Crippen LogP contribution is -2.23. The Morgan fingerprint density at radius 3 is 2.79 bits per heavy atom. The van der Waals surface area contributed by atoms with Crippen molar-refractivity contribution < 1.29 is 14.3 Å². The van der Waals surface area contributed by atoms with Crippen molar-refractivity contribution in [1.29, 1.82) is 0 Å². The van der Waals surface area contributed by atoms with Crippen molar-refractivity contribution in [1.82, 2.24) is 9.88 Å². The molecule has 0 bridgehead atoms. The zero-order chi connectivity index (χ0) is 20.8. The summed E-state index contributed by atoms with van der Waals surface area (Å²) in [5.41, 5.74) is 1.75. The van der Waals surface area contributed by atoms with Gasteiger partial charge < -0.3 is 9.47 Å². The number of methoxy groups -OCH3 is 1. The number of ether oxygens (including phenoxy) is 2. The second-order valence-electron chi connectivity index (χ2n) is 6.62. The van der Waals surface area contributed by atoms with Crippen molar-refractivity contribution >= 4 is 34.7 Å². The number of aliphatic imine (C=N–C) groups is 1. The number of thioether (sulfide) groups is 1. The molecule has 1 aliphatic heterocycles. The topological polar surface area (TPSA) is 64.0 Å². The number of likely N-dealkylation sites (N-methyl/N-ethyl adjacent to an activating group) is 1. The number of nitrogens with zero attached hydrogens (tertiary/aromatic N) is 3. The molecule has 2 aromatic rings. The van der Waals surface area contributed by atoms with Crippen LogP contribution in [-0.2, 0) is 4.79 Å². The smallest absolute Gasteiger partial charge is 0.266 e. The second-order valence-corrected chi connectivity index (χ2v) is 7.63. The van der Waals surface area contributed by atoms with Gasteiger partial charge in [-0.3, -0.25) is 9.69 Å². The van der Waals surface area contributed by atoms with Crippen molar-refractivity contribution in [3.8, 4) is 11.5 Å². The number of aryl methyl sites for hydroxylation is 1. The van der Waals surface area contributed by atoms with Crippen LogP contribution in [-0.4, -0.2) is 41.7 Å². The molecular formula is C22H25N3O3S. The summed E-state index contributed by atoms with van der Waals surface area (Å²) in [5.74, 6) is 1.85. The Labute approximate surface area is 175 Å². The van der Waals surface area contributed by atoms with Crippen LogP contribution in [0.3, 0.4) is 0 Å².